The summed E-state index contributed by atoms with van der Waals surface area (Å²) in [5.41, 5.74) is 5.23. The van der Waals surface area contributed by atoms with E-state index in [4.69, 9.17) is 4.74 Å². The SMILES string of the molecule is CC(=O)OC(Sc1ccccc1)=C1c2ccccc2N(C)c2ccccc21. The van der Waals surface area contributed by atoms with Crippen LogP contribution in [0.2, 0.25) is 0 Å². The molecule has 0 aromatic heterocycles. The molecule has 1 aliphatic heterocycles. The molecule has 3 aromatic carbocycles. The average Bonchev–Trinajstić information content (AvgIpc) is 2.68. The Balaban J connectivity index is 1.97. The summed E-state index contributed by atoms with van der Waals surface area (Å²) in [7, 11) is 2.06. The van der Waals surface area contributed by atoms with Crippen LogP contribution < -0.4 is 4.90 Å². The Morgan fingerprint density at radius 2 is 1.33 bits per heavy atom. The minimum Gasteiger partial charge on any atom is -0.419 e. The highest BCUT2D eigenvalue weighted by Gasteiger charge is 2.28. The number of para-hydroxylation sites is 2. The highest BCUT2D eigenvalue weighted by atomic mass is 32.2. The molecule has 134 valence electrons. The average molecular weight is 373 g/mol. The zero-order valence-electron chi connectivity index (χ0n) is 15.2. The fraction of sp³-hybridized carbons (Fsp3) is 0.0870. The van der Waals surface area contributed by atoms with Crippen molar-refractivity contribution in [3.8, 4) is 0 Å². The van der Waals surface area contributed by atoms with Gasteiger partial charge in [0.15, 0.2) is 5.09 Å². The number of esters is 1. The molecule has 1 heterocycles. The van der Waals surface area contributed by atoms with Crippen molar-refractivity contribution < 1.29 is 9.53 Å². The largest absolute Gasteiger partial charge is 0.419 e. The van der Waals surface area contributed by atoms with E-state index in [0.29, 0.717) is 5.09 Å². The zero-order chi connectivity index (χ0) is 18.8. The van der Waals surface area contributed by atoms with Crippen LogP contribution in [-0.2, 0) is 9.53 Å². The van der Waals surface area contributed by atoms with E-state index in [1.54, 1.807) is 0 Å². The Hall–Kier alpha value is -2.98. The van der Waals surface area contributed by atoms with Gasteiger partial charge in [-0.3, -0.25) is 4.79 Å². The summed E-state index contributed by atoms with van der Waals surface area (Å²) in [5.74, 6) is -0.324. The Labute approximate surface area is 163 Å². The third-order valence-electron chi connectivity index (χ3n) is 4.46. The van der Waals surface area contributed by atoms with Crippen molar-refractivity contribution in [1.29, 1.82) is 0 Å². The summed E-state index contributed by atoms with van der Waals surface area (Å²) in [4.78, 5) is 15.1. The van der Waals surface area contributed by atoms with E-state index >= 15 is 0 Å². The van der Waals surface area contributed by atoms with Crippen LogP contribution in [0.5, 0.6) is 0 Å². The predicted octanol–water partition coefficient (Wildman–Crippen LogP) is 5.84. The van der Waals surface area contributed by atoms with Crippen molar-refractivity contribution in [2.75, 3.05) is 11.9 Å². The van der Waals surface area contributed by atoms with E-state index in [1.807, 2.05) is 54.6 Å². The number of anilines is 2. The number of hydrogen-bond donors (Lipinski definition) is 0. The van der Waals surface area contributed by atoms with Crippen LogP contribution in [0.1, 0.15) is 18.1 Å². The third kappa shape index (κ3) is 3.36. The molecule has 0 unspecified atom stereocenters. The molecular weight excluding hydrogens is 354 g/mol. The van der Waals surface area contributed by atoms with Crippen LogP contribution in [0, 0.1) is 0 Å². The molecule has 0 N–H and O–H groups in total. The van der Waals surface area contributed by atoms with Gasteiger partial charge in [-0.05, 0) is 24.3 Å². The van der Waals surface area contributed by atoms with Crippen LogP contribution in [0.3, 0.4) is 0 Å². The Morgan fingerprint density at radius 3 is 1.89 bits per heavy atom. The first-order valence-corrected chi connectivity index (χ1v) is 9.55. The normalized spacial score (nSPS) is 12.2. The van der Waals surface area contributed by atoms with Crippen molar-refractivity contribution >= 4 is 34.7 Å². The lowest BCUT2D eigenvalue weighted by molar-refractivity contribution is -0.135. The summed E-state index contributed by atoms with van der Waals surface area (Å²) >= 11 is 1.47. The monoisotopic (exact) mass is 373 g/mol. The van der Waals surface area contributed by atoms with Crippen LogP contribution in [0.4, 0.5) is 11.4 Å². The van der Waals surface area contributed by atoms with Crippen LogP contribution >= 0.6 is 11.8 Å². The van der Waals surface area contributed by atoms with Gasteiger partial charge in [-0.15, -0.1) is 0 Å². The van der Waals surface area contributed by atoms with Gasteiger partial charge in [-0.2, -0.15) is 0 Å². The van der Waals surface area contributed by atoms with Crippen molar-refractivity contribution in [1.82, 2.24) is 0 Å². The number of hydrogen-bond acceptors (Lipinski definition) is 4. The number of nitrogens with zero attached hydrogens (tertiary/aromatic N) is 1. The van der Waals surface area contributed by atoms with Crippen molar-refractivity contribution in [3.05, 3.63) is 95.1 Å². The Morgan fingerprint density at radius 1 is 0.815 bits per heavy atom. The van der Waals surface area contributed by atoms with E-state index in [0.717, 1.165) is 33.0 Å². The number of thioether (sulfide) groups is 1. The lowest BCUT2D eigenvalue weighted by Crippen LogP contribution is -2.19. The van der Waals surface area contributed by atoms with Crippen LogP contribution in [0.15, 0.2) is 88.8 Å². The highest BCUT2D eigenvalue weighted by molar-refractivity contribution is 8.03. The van der Waals surface area contributed by atoms with Gasteiger partial charge >= 0.3 is 5.97 Å². The maximum absolute atomic E-state index is 11.9. The standard InChI is InChI=1S/C23H19NO2S/c1-16(25)26-23(27-17-10-4-3-5-11-17)22-18-12-6-8-14-20(18)24(2)21-15-9-7-13-19(21)22/h3-15H,1-2H3. The fourth-order valence-corrected chi connectivity index (χ4v) is 4.29. The maximum atomic E-state index is 11.9. The van der Waals surface area contributed by atoms with Crippen molar-refractivity contribution in [2.45, 2.75) is 11.8 Å². The quantitative estimate of drug-likeness (QED) is 0.328. The molecule has 4 rings (SSSR count). The van der Waals surface area contributed by atoms with Gasteiger partial charge in [0.25, 0.3) is 0 Å². The number of carbonyl (C=O) groups excluding carboxylic acids is 1. The second-order valence-corrected chi connectivity index (χ2v) is 7.31. The molecule has 3 aromatic rings. The van der Waals surface area contributed by atoms with Gasteiger partial charge < -0.3 is 9.64 Å². The predicted molar refractivity (Wildman–Crippen MR) is 111 cm³/mol. The van der Waals surface area contributed by atoms with E-state index in [2.05, 4.69) is 36.2 Å². The molecule has 0 amide bonds. The molecule has 27 heavy (non-hydrogen) atoms. The molecule has 0 bridgehead atoms. The minimum absolute atomic E-state index is 0.324. The number of rotatable bonds is 3. The number of fused-ring (bicyclic) bond motifs is 2. The Bertz CT molecular complexity index is 978. The Kier molecular flexibility index (Phi) is 4.73. The molecule has 0 saturated carbocycles. The summed E-state index contributed by atoms with van der Waals surface area (Å²) in [6.07, 6.45) is 0. The second kappa shape index (κ2) is 7.33. The minimum atomic E-state index is -0.324. The second-order valence-electron chi connectivity index (χ2n) is 6.26. The smallest absolute Gasteiger partial charge is 0.308 e. The van der Waals surface area contributed by atoms with Crippen LogP contribution in [-0.4, -0.2) is 13.0 Å². The van der Waals surface area contributed by atoms with Gasteiger partial charge in [0, 0.05) is 46.9 Å². The van der Waals surface area contributed by atoms with Crippen molar-refractivity contribution in [2.24, 2.45) is 0 Å². The number of ether oxygens (including phenoxy) is 1. The third-order valence-corrected chi connectivity index (χ3v) is 5.44. The molecule has 1 aliphatic rings. The van der Waals surface area contributed by atoms with Crippen molar-refractivity contribution in [3.63, 3.8) is 0 Å². The molecule has 0 spiro atoms. The summed E-state index contributed by atoms with van der Waals surface area (Å²) in [6, 6.07) is 26.4. The summed E-state index contributed by atoms with van der Waals surface area (Å²) in [5, 5.41) is 0.599. The lowest BCUT2D eigenvalue weighted by Gasteiger charge is -2.32. The first-order valence-electron chi connectivity index (χ1n) is 8.73. The highest BCUT2D eigenvalue weighted by Crippen LogP contribution is 2.48. The van der Waals surface area contributed by atoms with Gasteiger partial charge in [0.1, 0.15) is 0 Å². The summed E-state index contributed by atoms with van der Waals surface area (Å²) < 4.78 is 5.73. The molecule has 3 nitrogen and oxygen atoms in total. The number of carbonyl (C=O) groups is 1. The molecule has 0 saturated heterocycles. The fourth-order valence-electron chi connectivity index (χ4n) is 3.30. The lowest BCUT2D eigenvalue weighted by atomic mass is 9.91. The molecule has 0 fully saturated rings. The van der Waals surface area contributed by atoms with E-state index < -0.39 is 0 Å². The maximum Gasteiger partial charge on any atom is 0.308 e. The molecule has 0 atom stereocenters. The van der Waals surface area contributed by atoms with Gasteiger partial charge in [0.05, 0.1) is 0 Å². The zero-order valence-corrected chi connectivity index (χ0v) is 16.0. The van der Waals surface area contributed by atoms with E-state index in [9.17, 15) is 4.79 Å². The number of benzene rings is 3. The topological polar surface area (TPSA) is 29.5 Å². The molecule has 4 heteroatoms. The van der Waals surface area contributed by atoms with Gasteiger partial charge in [-0.1, -0.05) is 66.4 Å². The molecule has 0 aliphatic carbocycles. The first kappa shape index (κ1) is 17.4. The summed E-state index contributed by atoms with van der Waals surface area (Å²) in [6.45, 7) is 1.44. The van der Waals surface area contributed by atoms with E-state index in [1.165, 1.54) is 18.7 Å². The van der Waals surface area contributed by atoms with E-state index in [-0.39, 0.29) is 5.97 Å². The molecule has 0 radical (unpaired) electrons. The molecular formula is C23H19NO2S. The van der Waals surface area contributed by atoms with Crippen LogP contribution in [0.25, 0.3) is 5.57 Å². The van der Waals surface area contributed by atoms with Gasteiger partial charge in [0.2, 0.25) is 0 Å². The first-order chi connectivity index (χ1) is 13.1. The van der Waals surface area contributed by atoms with Gasteiger partial charge in [-0.25, -0.2) is 0 Å².